The lowest BCUT2D eigenvalue weighted by Crippen LogP contribution is -2.43. The van der Waals surface area contributed by atoms with Crippen molar-refractivity contribution in [3.63, 3.8) is 0 Å². The number of carbonyl (C=O) groups excluding carboxylic acids is 2. The van der Waals surface area contributed by atoms with Crippen molar-refractivity contribution in [1.82, 2.24) is 10.6 Å². The van der Waals surface area contributed by atoms with E-state index in [0.29, 0.717) is 0 Å². The van der Waals surface area contributed by atoms with Gasteiger partial charge in [0.15, 0.2) is 9.84 Å². The van der Waals surface area contributed by atoms with E-state index in [9.17, 15) is 18.0 Å². The normalized spacial score (nSPS) is 12.4. The highest BCUT2D eigenvalue weighted by atomic mass is 32.2. The van der Waals surface area contributed by atoms with Crippen molar-refractivity contribution in [1.29, 1.82) is 0 Å². The molecule has 2 aromatic rings. The lowest BCUT2D eigenvalue weighted by atomic mass is 10.1. The van der Waals surface area contributed by atoms with Gasteiger partial charge >= 0.3 is 11.8 Å². The van der Waals surface area contributed by atoms with Crippen LogP contribution in [0, 0.1) is 13.8 Å². The van der Waals surface area contributed by atoms with Crippen LogP contribution in [0.2, 0.25) is 0 Å². The lowest BCUT2D eigenvalue weighted by molar-refractivity contribution is -0.139. The third kappa shape index (κ3) is 5.20. The Balaban J connectivity index is 2.20. The molecule has 0 radical (unpaired) electrons. The molecule has 0 fully saturated rings. The zero-order chi connectivity index (χ0) is 20.7. The number of nitrogens with one attached hydrogen (secondary N) is 2. The third-order valence-electron chi connectivity index (χ3n) is 4.29. The Hall–Kier alpha value is -2.65. The zero-order valence-corrected chi connectivity index (χ0v) is 16.8. The molecule has 0 aliphatic rings. The van der Waals surface area contributed by atoms with Gasteiger partial charge in [0.2, 0.25) is 0 Å². The highest BCUT2D eigenvalue weighted by Gasteiger charge is 2.32. The summed E-state index contributed by atoms with van der Waals surface area (Å²) in [7, 11) is -2.40. The summed E-state index contributed by atoms with van der Waals surface area (Å²) in [4.78, 5) is 23.9. The Kier molecular flexibility index (Phi) is 7.36. The molecule has 0 saturated carbocycles. The van der Waals surface area contributed by atoms with Gasteiger partial charge < -0.3 is 19.8 Å². The van der Waals surface area contributed by atoms with Crippen molar-refractivity contribution >= 4 is 21.7 Å². The summed E-state index contributed by atoms with van der Waals surface area (Å²) >= 11 is 0. The molecular formula is C19H24N2O6S. The molecule has 0 saturated heterocycles. The standard InChI is InChI=1S/C19H24N2O6S/c1-13-6-7-15(11-14(13)2)28(24,25)17(16-5-4-9-27-16)12-21-19(23)18(22)20-8-10-26-3/h4-7,9,11,17H,8,10,12H2,1-3H3,(H,20,22)(H,21,23)/t17-/m1/s1. The molecule has 2 rings (SSSR count). The first-order valence-corrected chi connectivity index (χ1v) is 10.2. The van der Waals surface area contributed by atoms with Crippen LogP contribution in [0.3, 0.4) is 0 Å². The summed E-state index contributed by atoms with van der Waals surface area (Å²) in [5, 5.41) is 3.58. The maximum atomic E-state index is 13.2. The van der Waals surface area contributed by atoms with Gasteiger partial charge in [-0.3, -0.25) is 9.59 Å². The molecule has 1 atom stereocenters. The summed E-state index contributed by atoms with van der Waals surface area (Å²) in [5.74, 6) is -1.61. The Bertz CT molecular complexity index is 922. The number of aryl methyl sites for hydroxylation is 2. The predicted octanol–water partition coefficient (Wildman–Crippen LogP) is 1.29. The Labute approximate surface area is 164 Å². The van der Waals surface area contributed by atoms with Crippen molar-refractivity contribution in [2.24, 2.45) is 0 Å². The fraction of sp³-hybridized carbons (Fsp3) is 0.368. The van der Waals surface area contributed by atoms with E-state index < -0.39 is 26.9 Å². The number of rotatable bonds is 8. The van der Waals surface area contributed by atoms with E-state index in [1.54, 1.807) is 18.2 Å². The van der Waals surface area contributed by atoms with Crippen LogP contribution < -0.4 is 10.6 Å². The minimum absolute atomic E-state index is 0.121. The quantitative estimate of drug-likeness (QED) is 0.502. The number of sulfone groups is 1. The van der Waals surface area contributed by atoms with Gasteiger partial charge in [0.25, 0.3) is 0 Å². The lowest BCUT2D eigenvalue weighted by Gasteiger charge is -2.17. The van der Waals surface area contributed by atoms with Crippen LogP contribution in [0.4, 0.5) is 0 Å². The molecule has 9 heteroatoms. The first-order valence-electron chi connectivity index (χ1n) is 8.67. The van der Waals surface area contributed by atoms with Crippen LogP contribution in [-0.2, 0) is 24.2 Å². The molecule has 0 bridgehead atoms. The molecule has 28 heavy (non-hydrogen) atoms. The molecule has 2 amide bonds. The second-order valence-electron chi connectivity index (χ2n) is 6.25. The Morgan fingerprint density at radius 3 is 2.43 bits per heavy atom. The monoisotopic (exact) mass is 408 g/mol. The van der Waals surface area contributed by atoms with E-state index in [0.717, 1.165) is 11.1 Å². The number of furan rings is 1. The van der Waals surface area contributed by atoms with Crippen LogP contribution in [0.15, 0.2) is 45.9 Å². The van der Waals surface area contributed by atoms with E-state index in [1.165, 1.54) is 25.5 Å². The number of hydrogen-bond acceptors (Lipinski definition) is 6. The zero-order valence-electron chi connectivity index (χ0n) is 16.0. The summed E-state index contributed by atoms with van der Waals surface area (Å²) in [6.07, 6.45) is 1.36. The van der Waals surface area contributed by atoms with E-state index in [-0.39, 0.29) is 30.4 Å². The van der Waals surface area contributed by atoms with Crippen molar-refractivity contribution in [3.8, 4) is 0 Å². The van der Waals surface area contributed by atoms with Gasteiger partial charge in [-0.05, 0) is 49.2 Å². The largest absolute Gasteiger partial charge is 0.468 e. The van der Waals surface area contributed by atoms with Crippen molar-refractivity contribution in [3.05, 3.63) is 53.5 Å². The molecule has 2 N–H and O–H groups in total. The molecule has 1 aromatic heterocycles. The molecular weight excluding hydrogens is 384 g/mol. The van der Waals surface area contributed by atoms with Gasteiger partial charge in [-0.1, -0.05) is 6.07 Å². The maximum absolute atomic E-state index is 13.2. The van der Waals surface area contributed by atoms with E-state index >= 15 is 0 Å². The first-order chi connectivity index (χ1) is 13.3. The molecule has 0 unspecified atom stereocenters. The average Bonchev–Trinajstić information content (AvgIpc) is 3.18. The van der Waals surface area contributed by atoms with Gasteiger partial charge in [-0.15, -0.1) is 0 Å². The molecule has 0 spiro atoms. The van der Waals surface area contributed by atoms with Crippen LogP contribution in [0.25, 0.3) is 0 Å². The van der Waals surface area contributed by atoms with Gasteiger partial charge in [0.05, 0.1) is 17.8 Å². The molecule has 8 nitrogen and oxygen atoms in total. The van der Waals surface area contributed by atoms with Crippen molar-refractivity contribution in [2.75, 3.05) is 26.8 Å². The number of hydrogen-bond donors (Lipinski definition) is 2. The van der Waals surface area contributed by atoms with Crippen molar-refractivity contribution < 1.29 is 27.2 Å². The number of benzene rings is 1. The Morgan fingerprint density at radius 2 is 1.82 bits per heavy atom. The number of carbonyl (C=O) groups is 2. The maximum Gasteiger partial charge on any atom is 0.309 e. The SMILES string of the molecule is COCCNC(=O)C(=O)NC[C@H](c1ccco1)S(=O)(=O)c1ccc(C)c(C)c1. The number of ether oxygens (including phenoxy) is 1. The minimum atomic E-state index is -3.87. The first kappa shape index (κ1) is 21.6. The summed E-state index contributed by atoms with van der Waals surface area (Å²) in [5.41, 5.74) is 1.80. The smallest absolute Gasteiger partial charge is 0.309 e. The van der Waals surface area contributed by atoms with Gasteiger partial charge in [-0.25, -0.2) is 8.42 Å². The highest BCUT2D eigenvalue weighted by Crippen LogP contribution is 2.29. The van der Waals surface area contributed by atoms with Crippen molar-refractivity contribution in [2.45, 2.75) is 24.0 Å². The van der Waals surface area contributed by atoms with E-state index in [2.05, 4.69) is 10.6 Å². The molecule has 1 heterocycles. The number of amides is 2. The van der Waals surface area contributed by atoms with Gasteiger partial charge in [0.1, 0.15) is 11.0 Å². The van der Waals surface area contributed by atoms with Gasteiger partial charge in [-0.2, -0.15) is 0 Å². The van der Waals surface area contributed by atoms with E-state index in [4.69, 9.17) is 9.15 Å². The summed E-state index contributed by atoms with van der Waals surface area (Å²) in [6, 6.07) is 7.92. The highest BCUT2D eigenvalue weighted by molar-refractivity contribution is 7.91. The fourth-order valence-electron chi connectivity index (χ4n) is 2.51. The summed E-state index contributed by atoms with van der Waals surface area (Å²) in [6.45, 7) is 3.83. The van der Waals surface area contributed by atoms with Crippen LogP contribution in [-0.4, -0.2) is 47.0 Å². The third-order valence-corrected chi connectivity index (χ3v) is 6.35. The molecule has 152 valence electrons. The minimum Gasteiger partial charge on any atom is -0.468 e. The number of methoxy groups -OCH3 is 1. The molecule has 0 aliphatic carbocycles. The fourth-order valence-corrected chi connectivity index (χ4v) is 4.18. The van der Waals surface area contributed by atoms with Crippen LogP contribution in [0.1, 0.15) is 22.1 Å². The predicted molar refractivity (Wildman–Crippen MR) is 102 cm³/mol. The summed E-state index contributed by atoms with van der Waals surface area (Å²) < 4.78 is 36.4. The second kappa shape index (κ2) is 9.52. The topological polar surface area (TPSA) is 115 Å². The molecule has 1 aromatic carbocycles. The van der Waals surface area contributed by atoms with Crippen LogP contribution >= 0.6 is 0 Å². The molecule has 0 aliphatic heterocycles. The van der Waals surface area contributed by atoms with E-state index in [1.807, 2.05) is 13.8 Å². The second-order valence-corrected chi connectivity index (χ2v) is 8.38. The van der Waals surface area contributed by atoms with Gasteiger partial charge in [0, 0.05) is 20.2 Å². The van der Waals surface area contributed by atoms with Crippen LogP contribution in [0.5, 0.6) is 0 Å². The average molecular weight is 408 g/mol. The Morgan fingerprint density at radius 1 is 1.11 bits per heavy atom.